The molecule has 0 aliphatic heterocycles. The Morgan fingerprint density at radius 3 is 2.29 bits per heavy atom. The highest BCUT2D eigenvalue weighted by Gasteiger charge is 2.04. The van der Waals surface area contributed by atoms with Crippen LogP contribution in [0.1, 0.15) is 38.2 Å². The van der Waals surface area contributed by atoms with Crippen LogP contribution in [0.4, 0.5) is 0 Å². The molecule has 5 heteroatoms. The Kier molecular flexibility index (Phi) is 8.08. The zero-order valence-corrected chi connectivity index (χ0v) is 16.0. The second kappa shape index (κ2) is 10.1. The van der Waals surface area contributed by atoms with Crippen molar-refractivity contribution in [2.45, 2.75) is 32.6 Å². The first-order valence-corrected chi connectivity index (χ1v) is 9.69. The summed E-state index contributed by atoms with van der Waals surface area (Å²) < 4.78 is 5.71. The molecule has 2 rings (SSSR count). The molecule has 128 valence electrons. The smallest absolute Gasteiger partial charge is 0.119 e. The number of unbranched alkanes of at least 4 members (excludes halogenated alkanes) is 3. The molecule has 0 bridgehead atoms. The minimum absolute atomic E-state index is 0.112. The van der Waals surface area contributed by atoms with E-state index in [1.165, 1.54) is 19.3 Å². The summed E-state index contributed by atoms with van der Waals surface area (Å²) in [4.78, 5) is 0. The monoisotopic (exact) mass is 381 g/mol. The van der Waals surface area contributed by atoms with Crippen molar-refractivity contribution in [3.8, 4) is 5.75 Å². The van der Waals surface area contributed by atoms with Crippen LogP contribution >= 0.6 is 31.4 Å². The highest BCUT2D eigenvalue weighted by molar-refractivity contribution is 7.49. The molecule has 0 amide bonds. The minimum Gasteiger partial charge on any atom is -0.823 e. The van der Waals surface area contributed by atoms with Crippen molar-refractivity contribution in [1.29, 1.82) is 0 Å². The van der Waals surface area contributed by atoms with Gasteiger partial charge in [0.25, 0.3) is 0 Å². The third-order valence-corrected chi connectivity index (χ3v) is 5.12. The molecule has 0 N–H and O–H groups in total. The van der Waals surface area contributed by atoms with Gasteiger partial charge in [-0.2, -0.15) is 0 Å². The van der Waals surface area contributed by atoms with Gasteiger partial charge in [-0.3, -0.25) is 0 Å². The lowest BCUT2D eigenvalue weighted by Crippen LogP contribution is -2.18. The van der Waals surface area contributed by atoms with Crippen LogP contribution in [0.15, 0.2) is 42.5 Å². The summed E-state index contributed by atoms with van der Waals surface area (Å²) in [6, 6.07) is 12.6. The fourth-order valence-electron chi connectivity index (χ4n) is 2.21. The number of ether oxygens (including phenoxy) is 1. The Balaban J connectivity index is 2.00. The van der Waals surface area contributed by atoms with E-state index in [1.807, 2.05) is 24.3 Å². The summed E-state index contributed by atoms with van der Waals surface area (Å²) in [5, 5.41) is 14.0. The van der Waals surface area contributed by atoms with Crippen molar-refractivity contribution >= 4 is 42.2 Å². The fraction of sp³-hybridized carbons (Fsp3) is 0.316. The normalized spacial score (nSPS) is 11.6. The summed E-state index contributed by atoms with van der Waals surface area (Å²) in [6.07, 6.45) is 4.72. The molecular formula is C19H20Cl2O2P-. The average molecular weight is 382 g/mol. The number of halogens is 2. The van der Waals surface area contributed by atoms with Gasteiger partial charge in [-0.05, 0) is 42.8 Å². The van der Waals surface area contributed by atoms with Gasteiger partial charge >= 0.3 is 0 Å². The van der Waals surface area contributed by atoms with Crippen LogP contribution in [0.2, 0.25) is 10.0 Å². The molecular weight excluding hydrogens is 362 g/mol. The highest BCUT2D eigenvalue weighted by atomic mass is 35.5. The zero-order chi connectivity index (χ0) is 17.4. The van der Waals surface area contributed by atoms with E-state index in [1.54, 1.807) is 18.2 Å². The molecule has 0 aliphatic carbocycles. The van der Waals surface area contributed by atoms with E-state index >= 15 is 0 Å². The molecule has 2 nitrogen and oxygen atoms in total. The summed E-state index contributed by atoms with van der Waals surface area (Å²) >= 11 is 12.2. The molecule has 24 heavy (non-hydrogen) atoms. The van der Waals surface area contributed by atoms with Crippen molar-refractivity contribution in [2.75, 3.05) is 6.61 Å². The standard InChI is InChI=1S/C19H21Cl2O2P/c1-2-3-4-5-13-23-14-9-11-15(12-10-14)24-19(22)18-16(20)7-6-8-17(18)21/h6-12,22H,2-5,13H2,1H3/p-1. The van der Waals surface area contributed by atoms with E-state index in [0.29, 0.717) is 23.8 Å². The number of rotatable bonds is 8. The van der Waals surface area contributed by atoms with Crippen LogP contribution in [0.5, 0.6) is 5.75 Å². The van der Waals surface area contributed by atoms with Crippen molar-refractivity contribution in [3.63, 3.8) is 0 Å². The van der Waals surface area contributed by atoms with Crippen molar-refractivity contribution in [2.24, 2.45) is 0 Å². The fourth-order valence-corrected chi connectivity index (χ4v) is 3.80. The van der Waals surface area contributed by atoms with E-state index in [2.05, 4.69) is 6.92 Å². The molecule has 0 saturated carbocycles. The van der Waals surface area contributed by atoms with Gasteiger partial charge in [-0.25, -0.2) is 0 Å². The predicted octanol–water partition coefficient (Wildman–Crippen LogP) is 5.06. The third-order valence-electron chi connectivity index (χ3n) is 3.51. The molecule has 0 unspecified atom stereocenters. The molecule has 2 aromatic carbocycles. The van der Waals surface area contributed by atoms with Gasteiger partial charge in [-0.15, -0.1) is 5.48 Å². The van der Waals surface area contributed by atoms with Crippen LogP contribution in [-0.4, -0.2) is 12.1 Å². The lowest BCUT2D eigenvalue weighted by atomic mass is 10.2. The van der Waals surface area contributed by atoms with Gasteiger partial charge in [0.15, 0.2) is 0 Å². The third kappa shape index (κ3) is 5.79. The molecule has 0 aliphatic rings. The molecule has 0 aromatic heterocycles. The largest absolute Gasteiger partial charge is 0.823 e. The van der Waals surface area contributed by atoms with Crippen molar-refractivity contribution in [3.05, 3.63) is 58.1 Å². The Bertz CT molecular complexity index is 664. The summed E-state index contributed by atoms with van der Waals surface area (Å²) in [5.74, 6) is 0.827. The SMILES string of the molecule is CCCCCCOc1ccc(P=C([O-])c2c(Cl)cccc2Cl)cc1. The molecule has 0 fully saturated rings. The van der Waals surface area contributed by atoms with Crippen LogP contribution < -0.4 is 15.1 Å². The molecule has 0 spiro atoms. The Morgan fingerprint density at radius 2 is 1.67 bits per heavy atom. The summed E-state index contributed by atoms with van der Waals surface area (Å²) in [7, 11) is 0.545. The molecule has 0 heterocycles. The van der Waals surface area contributed by atoms with Crippen molar-refractivity contribution < 1.29 is 9.84 Å². The number of hydrogen-bond donors (Lipinski definition) is 0. The second-order valence-corrected chi connectivity index (χ2v) is 7.38. The maximum atomic E-state index is 12.4. The molecule has 0 radical (unpaired) electrons. The first kappa shape index (κ1) is 19.3. The van der Waals surface area contributed by atoms with Gasteiger partial charge in [0, 0.05) is 20.9 Å². The summed E-state index contributed by atoms with van der Waals surface area (Å²) in [6.45, 7) is 2.92. The van der Waals surface area contributed by atoms with Gasteiger partial charge in [-0.1, -0.05) is 63.7 Å². The van der Waals surface area contributed by atoms with Crippen LogP contribution in [0.25, 0.3) is 0 Å². The first-order chi connectivity index (χ1) is 11.6. The lowest BCUT2D eigenvalue weighted by Gasteiger charge is -2.15. The molecule has 0 atom stereocenters. The highest BCUT2D eigenvalue weighted by Crippen LogP contribution is 2.25. The quantitative estimate of drug-likeness (QED) is 0.472. The van der Waals surface area contributed by atoms with E-state index in [-0.39, 0.29) is 5.48 Å². The van der Waals surface area contributed by atoms with E-state index in [0.717, 1.165) is 24.1 Å². The lowest BCUT2D eigenvalue weighted by molar-refractivity contribution is -0.206. The van der Waals surface area contributed by atoms with Crippen molar-refractivity contribution in [1.82, 2.24) is 0 Å². The predicted molar refractivity (Wildman–Crippen MR) is 103 cm³/mol. The zero-order valence-electron chi connectivity index (χ0n) is 13.6. The van der Waals surface area contributed by atoms with E-state index in [4.69, 9.17) is 27.9 Å². The van der Waals surface area contributed by atoms with Gasteiger partial charge in [0.05, 0.1) is 6.61 Å². The summed E-state index contributed by atoms with van der Waals surface area (Å²) in [5.41, 5.74) is 0.262. The Morgan fingerprint density at radius 1 is 1.00 bits per heavy atom. The van der Waals surface area contributed by atoms with Gasteiger partial charge in [0.2, 0.25) is 0 Å². The second-order valence-electron chi connectivity index (χ2n) is 5.42. The Hall–Kier alpha value is -1.05. The van der Waals surface area contributed by atoms with E-state index in [9.17, 15) is 5.11 Å². The van der Waals surface area contributed by atoms with Gasteiger partial charge in [0.1, 0.15) is 5.75 Å². The minimum atomic E-state index is -0.112. The Labute approximate surface area is 155 Å². The van der Waals surface area contributed by atoms with Gasteiger partial charge < -0.3 is 9.84 Å². The first-order valence-electron chi connectivity index (χ1n) is 8.04. The topological polar surface area (TPSA) is 32.3 Å². The van der Waals surface area contributed by atoms with Crippen LogP contribution in [0.3, 0.4) is 0 Å². The number of benzene rings is 2. The maximum absolute atomic E-state index is 12.4. The molecule has 2 aromatic rings. The van der Waals surface area contributed by atoms with Crippen LogP contribution in [0, 0.1) is 0 Å². The van der Waals surface area contributed by atoms with E-state index < -0.39 is 0 Å². The van der Waals surface area contributed by atoms with Crippen LogP contribution in [-0.2, 0) is 0 Å². The average Bonchev–Trinajstić information content (AvgIpc) is 2.56. The molecule has 0 saturated heterocycles. The maximum Gasteiger partial charge on any atom is 0.119 e. The number of hydrogen-bond acceptors (Lipinski definition) is 2.